The first-order valence-corrected chi connectivity index (χ1v) is 11.6. The van der Waals surface area contributed by atoms with E-state index in [2.05, 4.69) is 5.48 Å². The van der Waals surface area contributed by atoms with Crippen LogP contribution in [0.2, 0.25) is 0 Å². The summed E-state index contributed by atoms with van der Waals surface area (Å²) in [5.74, 6) is -1.70. The molecule has 1 saturated heterocycles. The number of ether oxygens (including phenoxy) is 1. The Bertz CT molecular complexity index is 1230. The number of benzene rings is 2. The number of carbonyl (C=O) groups excluding carboxylic acids is 2. The van der Waals surface area contributed by atoms with Gasteiger partial charge in [0, 0.05) is 18.5 Å². The Labute approximate surface area is 210 Å². The molecule has 2 aromatic carbocycles. The molecule has 0 radical (unpaired) electrons. The van der Waals surface area contributed by atoms with Gasteiger partial charge in [0.05, 0.1) is 48.1 Å². The maximum Gasteiger partial charge on any atom is 0.417 e. The van der Waals surface area contributed by atoms with Crippen molar-refractivity contribution in [3.05, 3.63) is 58.9 Å². The van der Waals surface area contributed by atoms with Crippen LogP contribution in [0.4, 0.5) is 33.7 Å². The Morgan fingerprint density at radius 3 is 2.27 bits per heavy atom. The van der Waals surface area contributed by atoms with Crippen LogP contribution in [-0.2, 0) is 15.8 Å². The lowest BCUT2D eigenvalue weighted by Crippen LogP contribution is -2.40. The fourth-order valence-electron chi connectivity index (χ4n) is 4.85. The zero-order valence-corrected chi connectivity index (χ0v) is 19.8. The molecule has 3 amide bonds. The smallest absolute Gasteiger partial charge is 0.382 e. The first-order valence-electron chi connectivity index (χ1n) is 11.6. The van der Waals surface area contributed by atoms with E-state index < -0.39 is 47.1 Å². The van der Waals surface area contributed by atoms with Gasteiger partial charge in [0.1, 0.15) is 5.82 Å². The summed E-state index contributed by atoms with van der Waals surface area (Å²) >= 11 is 0. The number of anilines is 2. The lowest BCUT2D eigenvalue weighted by atomic mass is 9.89. The number of nitriles is 1. The zero-order chi connectivity index (χ0) is 26.7. The minimum Gasteiger partial charge on any atom is -0.382 e. The molecule has 37 heavy (non-hydrogen) atoms. The maximum absolute atomic E-state index is 14.9. The molecule has 2 aromatic rings. The molecule has 1 saturated carbocycles. The van der Waals surface area contributed by atoms with Crippen LogP contribution in [-0.4, -0.2) is 44.3 Å². The Morgan fingerprint density at radius 2 is 1.70 bits per heavy atom. The molecule has 1 aliphatic heterocycles. The summed E-state index contributed by atoms with van der Waals surface area (Å²) in [7, 11) is 1.46. The average molecular weight is 520 g/mol. The van der Waals surface area contributed by atoms with Gasteiger partial charge in [0.2, 0.25) is 0 Å². The van der Waals surface area contributed by atoms with Crippen LogP contribution in [0.3, 0.4) is 0 Å². The van der Waals surface area contributed by atoms with Gasteiger partial charge in [-0.1, -0.05) is 12.8 Å². The minimum atomic E-state index is -4.78. The number of hydroxylamine groups is 1. The molecule has 8 nitrogen and oxygen atoms in total. The van der Waals surface area contributed by atoms with E-state index in [1.165, 1.54) is 41.2 Å². The van der Waals surface area contributed by atoms with Crippen molar-refractivity contribution in [1.29, 1.82) is 5.26 Å². The maximum atomic E-state index is 14.9. The van der Waals surface area contributed by atoms with Crippen molar-refractivity contribution in [2.75, 3.05) is 30.1 Å². The monoisotopic (exact) mass is 520 g/mol. The van der Waals surface area contributed by atoms with Crippen LogP contribution >= 0.6 is 0 Å². The van der Waals surface area contributed by atoms with Gasteiger partial charge in [-0.05, 0) is 49.2 Å². The van der Waals surface area contributed by atoms with Crippen LogP contribution in [0.25, 0.3) is 0 Å². The van der Waals surface area contributed by atoms with E-state index >= 15 is 0 Å². The van der Waals surface area contributed by atoms with Crippen LogP contribution < -0.4 is 15.3 Å². The number of rotatable bonds is 7. The van der Waals surface area contributed by atoms with Gasteiger partial charge in [-0.15, -0.1) is 0 Å². The normalized spacial score (nSPS) is 19.5. The fourth-order valence-corrected chi connectivity index (χ4v) is 4.85. The Hall–Kier alpha value is -3.69. The van der Waals surface area contributed by atoms with E-state index in [1.54, 1.807) is 0 Å². The number of fused-ring (bicyclic) bond motifs is 1. The lowest BCUT2D eigenvalue weighted by Gasteiger charge is -2.32. The predicted octanol–water partition coefficient (Wildman–Crippen LogP) is 4.78. The van der Waals surface area contributed by atoms with Crippen molar-refractivity contribution in [1.82, 2.24) is 5.48 Å². The van der Waals surface area contributed by atoms with E-state index in [0.717, 1.165) is 31.0 Å². The van der Waals surface area contributed by atoms with E-state index in [-0.39, 0.29) is 30.2 Å². The second-order valence-corrected chi connectivity index (χ2v) is 8.72. The highest BCUT2D eigenvalue weighted by atomic mass is 19.4. The Morgan fingerprint density at radius 1 is 1.08 bits per heavy atom. The molecular formula is C25H24F4N4O4. The third-order valence-corrected chi connectivity index (χ3v) is 6.51. The third kappa shape index (κ3) is 5.23. The van der Waals surface area contributed by atoms with Crippen LogP contribution in [0.1, 0.15) is 47.2 Å². The first-order chi connectivity index (χ1) is 17.7. The molecule has 0 aromatic heterocycles. The minimum absolute atomic E-state index is 0.0143. The average Bonchev–Trinajstić information content (AvgIpc) is 3.17. The summed E-state index contributed by atoms with van der Waals surface area (Å²) < 4.78 is 60.5. The number of nitrogens with zero attached hydrogens (tertiary/aromatic N) is 3. The summed E-state index contributed by atoms with van der Waals surface area (Å²) in [5, 5.41) is 9.11. The number of urea groups is 1. The van der Waals surface area contributed by atoms with Crippen LogP contribution in [0, 0.1) is 17.1 Å². The topological polar surface area (TPSA) is 94.9 Å². The summed E-state index contributed by atoms with van der Waals surface area (Å²) in [4.78, 5) is 33.4. The summed E-state index contributed by atoms with van der Waals surface area (Å²) in [5.41, 5.74) is 0.345. The number of alkyl halides is 3. The molecule has 2 atom stereocenters. The highest BCUT2D eigenvalue weighted by Crippen LogP contribution is 2.42. The highest BCUT2D eigenvalue weighted by molar-refractivity contribution is 6.08. The van der Waals surface area contributed by atoms with Gasteiger partial charge >= 0.3 is 12.2 Å². The highest BCUT2D eigenvalue weighted by Gasteiger charge is 2.48. The van der Waals surface area contributed by atoms with E-state index in [9.17, 15) is 27.2 Å². The van der Waals surface area contributed by atoms with Crippen LogP contribution in [0.15, 0.2) is 36.4 Å². The molecule has 4 rings (SSSR count). The number of carbonyl (C=O) groups is 2. The predicted molar refractivity (Wildman–Crippen MR) is 124 cm³/mol. The summed E-state index contributed by atoms with van der Waals surface area (Å²) in [6, 6.07) is 6.97. The van der Waals surface area contributed by atoms with Gasteiger partial charge in [0.25, 0.3) is 5.91 Å². The van der Waals surface area contributed by atoms with Crippen LogP contribution in [0.5, 0.6) is 0 Å². The number of nitrogens with one attached hydrogen (secondary N) is 1. The van der Waals surface area contributed by atoms with Gasteiger partial charge in [-0.3, -0.25) is 19.4 Å². The third-order valence-electron chi connectivity index (χ3n) is 6.51. The van der Waals surface area contributed by atoms with Crippen molar-refractivity contribution in [2.24, 2.45) is 0 Å². The lowest BCUT2D eigenvalue weighted by molar-refractivity contribution is -0.137. The van der Waals surface area contributed by atoms with Gasteiger partial charge in [-0.25, -0.2) is 14.7 Å². The molecule has 2 aliphatic rings. The summed E-state index contributed by atoms with van der Waals surface area (Å²) in [6.45, 7) is 0.288. The fraction of sp³-hybridized carbons (Fsp3) is 0.400. The molecular weight excluding hydrogens is 496 g/mol. The molecule has 2 unspecified atom stereocenters. The number of hydrogen-bond acceptors (Lipinski definition) is 5. The Kier molecular flexibility index (Phi) is 7.65. The number of methoxy groups -OCH3 is 1. The number of hydrogen-bond donors (Lipinski definition) is 1. The second kappa shape index (κ2) is 10.7. The van der Waals surface area contributed by atoms with Gasteiger partial charge in [0.15, 0.2) is 0 Å². The largest absolute Gasteiger partial charge is 0.417 e. The quantitative estimate of drug-likeness (QED) is 0.322. The second-order valence-electron chi connectivity index (χ2n) is 8.72. The number of amides is 3. The molecule has 1 heterocycles. The molecule has 2 fully saturated rings. The van der Waals surface area contributed by atoms with Crippen molar-refractivity contribution in [3.8, 4) is 6.07 Å². The molecule has 196 valence electrons. The van der Waals surface area contributed by atoms with E-state index in [1.807, 2.05) is 0 Å². The molecule has 12 heteroatoms. The molecule has 1 N–H and O–H groups in total. The van der Waals surface area contributed by atoms with E-state index in [4.69, 9.17) is 14.8 Å². The van der Waals surface area contributed by atoms with Gasteiger partial charge < -0.3 is 4.74 Å². The standard InChI is InChI=1S/C25H24F4N4O4/c1-36-10-11-37-31-23(34)18-9-8-17(13-20(18)26)33-22-5-3-2-4-21(22)32(24(33)35)16-7-6-15(14-30)19(12-16)25(27,28)29/h6-9,12-13,21-22H,2-5,10-11H2,1H3,(H,31,34). The van der Waals surface area contributed by atoms with E-state index in [0.29, 0.717) is 12.8 Å². The van der Waals surface area contributed by atoms with Crippen molar-refractivity contribution < 1.29 is 36.7 Å². The van der Waals surface area contributed by atoms with Crippen molar-refractivity contribution in [2.45, 2.75) is 43.9 Å². The van der Waals surface area contributed by atoms with Crippen molar-refractivity contribution in [3.63, 3.8) is 0 Å². The van der Waals surface area contributed by atoms with Gasteiger partial charge in [-0.2, -0.15) is 18.4 Å². The Balaban J connectivity index is 1.65. The first kappa shape index (κ1) is 26.4. The zero-order valence-electron chi connectivity index (χ0n) is 19.8. The molecule has 0 bridgehead atoms. The summed E-state index contributed by atoms with van der Waals surface area (Å²) in [6.07, 6.45) is -2.08. The van der Waals surface area contributed by atoms with Crippen molar-refractivity contribution >= 4 is 23.3 Å². The molecule has 0 spiro atoms. The number of halogens is 4. The SMILES string of the molecule is COCCONC(=O)c1ccc(N2C(=O)N(c3ccc(C#N)c(C(F)(F)F)c3)C3CCCCC32)cc1F. The molecule has 1 aliphatic carbocycles.